The van der Waals surface area contributed by atoms with Crippen molar-refractivity contribution in [2.45, 2.75) is 48.0 Å². The molecule has 19 heavy (non-hydrogen) atoms. The van der Waals surface area contributed by atoms with E-state index in [2.05, 4.69) is 39.0 Å². The summed E-state index contributed by atoms with van der Waals surface area (Å²) in [6.07, 6.45) is 9.29. The van der Waals surface area contributed by atoms with Crippen molar-refractivity contribution in [3.05, 3.63) is 46.6 Å². The molecule has 0 aliphatic heterocycles. The molecule has 0 atom stereocenters. The van der Waals surface area contributed by atoms with Crippen LogP contribution in [0.1, 0.15) is 48.0 Å². The van der Waals surface area contributed by atoms with Crippen molar-refractivity contribution in [1.29, 1.82) is 0 Å². The Bertz CT molecular complexity index is 421. The van der Waals surface area contributed by atoms with E-state index in [4.69, 9.17) is 4.74 Å². The average Bonchev–Trinajstić information content (AvgIpc) is 2.28. The first-order valence-electron chi connectivity index (χ1n) is 6.79. The number of carbonyl (C=O) groups excluding carboxylic acids is 1. The average molecular weight is 262 g/mol. The van der Waals surface area contributed by atoms with Crippen molar-refractivity contribution in [2.75, 3.05) is 6.61 Å². The number of hydrogen-bond acceptors (Lipinski definition) is 2. The van der Waals surface area contributed by atoms with Crippen LogP contribution in [-0.4, -0.2) is 12.6 Å². The molecule has 0 radical (unpaired) electrons. The molecule has 2 heteroatoms. The van der Waals surface area contributed by atoms with Crippen molar-refractivity contribution in [2.24, 2.45) is 0 Å². The Kier molecular flexibility index (Phi) is 8.60. The zero-order valence-electron chi connectivity index (χ0n) is 13.0. The van der Waals surface area contributed by atoms with Gasteiger partial charge in [0.25, 0.3) is 0 Å². The number of ether oxygens (including phenoxy) is 1. The van der Waals surface area contributed by atoms with Crippen LogP contribution in [0.15, 0.2) is 46.6 Å². The van der Waals surface area contributed by atoms with Gasteiger partial charge in [-0.15, -0.1) is 0 Å². The summed E-state index contributed by atoms with van der Waals surface area (Å²) in [5.41, 5.74) is 4.11. The number of carbonyl (C=O) groups is 1. The van der Waals surface area contributed by atoms with Crippen LogP contribution >= 0.6 is 0 Å². The summed E-state index contributed by atoms with van der Waals surface area (Å²) in [5.74, 6) is -0.251. The highest BCUT2D eigenvalue weighted by atomic mass is 16.5. The first-order valence-corrected chi connectivity index (χ1v) is 6.79. The Hall–Kier alpha value is -1.57. The Morgan fingerprint density at radius 2 is 1.42 bits per heavy atom. The summed E-state index contributed by atoms with van der Waals surface area (Å²) in [7, 11) is 0. The molecule has 0 N–H and O–H groups in total. The molecule has 0 aliphatic carbocycles. The molecule has 0 aromatic rings. The van der Waals surface area contributed by atoms with Crippen LogP contribution in [-0.2, 0) is 9.53 Å². The summed E-state index contributed by atoms with van der Waals surface area (Å²) in [6, 6.07) is 0. The largest absolute Gasteiger partial charge is 0.463 e. The Labute approximate surface area is 117 Å². The summed E-state index contributed by atoms with van der Waals surface area (Å²) in [6.45, 7) is 12.3. The van der Waals surface area contributed by atoms with Crippen LogP contribution in [0.5, 0.6) is 0 Å². The highest BCUT2D eigenvalue weighted by molar-refractivity contribution is 5.88. The number of rotatable bonds is 6. The summed E-state index contributed by atoms with van der Waals surface area (Å²) in [4.78, 5) is 11.5. The van der Waals surface area contributed by atoms with Crippen LogP contribution in [0, 0.1) is 0 Å². The molecular weight excluding hydrogens is 236 g/mol. The molecule has 0 unspecified atom stereocenters. The summed E-state index contributed by atoms with van der Waals surface area (Å²) >= 11 is 0. The van der Waals surface area contributed by atoms with Gasteiger partial charge in [-0.05, 0) is 47.1 Å². The molecule has 0 saturated carbocycles. The molecule has 0 heterocycles. The highest BCUT2D eigenvalue weighted by Crippen LogP contribution is 2.10. The maximum absolute atomic E-state index is 11.5. The molecule has 0 fully saturated rings. The smallest absolute Gasteiger partial charge is 0.333 e. The molecule has 0 amide bonds. The Morgan fingerprint density at radius 1 is 0.895 bits per heavy atom. The number of allylic oxidation sites excluding steroid dienone is 7. The van der Waals surface area contributed by atoms with Crippen molar-refractivity contribution >= 4 is 5.97 Å². The second-order valence-electron chi connectivity index (χ2n) is 4.68. The molecule has 0 bridgehead atoms. The molecule has 2 nitrogen and oxygen atoms in total. The van der Waals surface area contributed by atoms with Crippen LogP contribution < -0.4 is 0 Å². The highest BCUT2D eigenvalue weighted by Gasteiger charge is 2.03. The third kappa shape index (κ3) is 8.20. The maximum atomic E-state index is 11.5. The standard InChI is InChI=1S/C17H26O2/c1-7-9-13(3)10-14(4)11-15(5)12-16(6)17(18)19-8-2/h9-12H,7-8H2,1-6H3/b13-9+,14-10+,15-11-,16-12+. The zero-order chi connectivity index (χ0) is 14.8. The minimum atomic E-state index is -0.251. The third-order valence-corrected chi connectivity index (χ3v) is 2.48. The quantitative estimate of drug-likeness (QED) is 0.392. The Morgan fingerprint density at radius 3 is 1.95 bits per heavy atom. The maximum Gasteiger partial charge on any atom is 0.333 e. The van der Waals surface area contributed by atoms with Gasteiger partial charge in [-0.2, -0.15) is 0 Å². The lowest BCUT2D eigenvalue weighted by Gasteiger charge is -2.02. The zero-order valence-corrected chi connectivity index (χ0v) is 13.0. The normalized spacial score (nSPS) is 14.6. The van der Waals surface area contributed by atoms with Gasteiger partial charge in [-0.1, -0.05) is 41.9 Å². The van der Waals surface area contributed by atoms with Gasteiger partial charge in [-0.3, -0.25) is 0 Å². The van der Waals surface area contributed by atoms with E-state index < -0.39 is 0 Å². The lowest BCUT2D eigenvalue weighted by atomic mass is 10.1. The van der Waals surface area contributed by atoms with E-state index >= 15 is 0 Å². The van der Waals surface area contributed by atoms with Gasteiger partial charge in [-0.25, -0.2) is 4.79 Å². The van der Waals surface area contributed by atoms with Crippen molar-refractivity contribution in [3.63, 3.8) is 0 Å². The molecule has 0 aromatic carbocycles. The van der Waals surface area contributed by atoms with Gasteiger partial charge < -0.3 is 4.74 Å². The van der Waals surface area contributed by atoms with Gasteiger partial charge >= 0.3 is 5.97 Å². The molecule has 0 spiro atoms. The van der Waals surface area contributed by atoms with E-state index in [1.165, 1.54) is 11.1 Å². The van der Waals surface area contributed by atoms with E-state index in [1.807, 2.05) is 19.9 Å². The predicted octanol–water partition coefficient (Wildman–Crippen LogP) is 4.74. The van der Waals surface area contributed by atoms with Crippen LogP contribution in [0.2, 0.25) is 0 Å². The monoisotopic (exact) mass is 262 g/mol. The third-order valence-electron chi connectivity index (χ3n) is 2.48. The fourth-order valence-corrected chi connectivity index (χ4v) is 1.83. The second kappa shape index (κ2) is 9.37. The van der Waals surface area contributed by atoms with Crippen LogP contribution in [0.3, 0.4) is 0 Å². The first-order chi connectivity index (χ1) is 8.90. The molecule has 0 saturated heterocycles. The fraction of sp³-hybridized carbons (Fsp3) is 0.471. The van der Waals surface area contributed by atoms with E-state index in [1.54, 1.807) is 6.92 Å². The lowest BCUT2D eigenvalue weighted by Crippen LogP contribution is -2.05. The predicted molar refractivity (Wildman–Crippen MR) is 82.0 cm³/mol. The van der Waals surface area contributed by atoms with Crippen molar-refractivity contribution in [3.8, 4) is 0 Å². The van der Waals surface area contributed by atoms with Crippen LogP contribution in [0.4, 0.5) is 0 Å². The molecule has 0 aromatic heterocycles. The van der Waals surface area contributed by atoms with Gasteiger partial charge in [0.2, 0.25) is 0 Å². The van der Waals surface area contributed by atoms with E-state index in [0.717, 1.165) is 12.0 Å². The second-order valence-corrected chi connectivity index (χ2v) is 4.68. The first kappa shape index (κ1) is 17.4. The van der Waals surface area contributed by atoms with Gasteiger partial charge in [0, 0.05) is 5.57 Å². The van der Waals surface area contributed by atoms with Gasteiger partial charge in [0.05, 0.1) is 6.61 Å². The van der Waals surface area contributed by atoms with Crippen LogP contribution in [0.25, 0.3) is 0 Å². The summed E-state index contributed by atoms with van der Waals surface area (Å²) in [5, 5.41) is 0. The van der Waals surface area contributed by atoms with Crippen molar-refractivity contribution < 1.29 is 9.53 Å². The lowest BCUT2D eigenvalue weighted by molar-refractivity contribution is -0.138. The summed E-state index contributed by atoms with van der Waals surface area (Å²) < 4.78 is 4.95. The molecular formula is C17H26O2. The van der Waals surface area contributed by atoms with Crippen molar-refractivity contribution in [1.82, 2.24) is 0 Å². The number of hydrogen-bond donors (Lipinski definition) is 0. The topological polar surface area (TPSA) is 26.3 Å². The van der Waals surface area contributed by atoms with E-state index in [0.29, 0.717) is 12.2 Å². The fourth-order valence-electron chi connectivity index (χ4n) is 1.83. The van der Waals surface area contributed by atoms with E-state index in [-0.39, 0.29) is 5.97 Å². The number of esters is 1. The molecule has 106 valence electrons. The van der Waals surface area contributed by atoms with Gasteiger partial charge in [0.15, 0.2) is 0 Å². The van der Waals surface area contributed by atoms with Gasteiger partial charge in [0.1, 0.15) is 0 Å². The molecule has 0 aliphatic rings. The minimum Gasteiger partial charge on any atom is -0.463 e. The Balaban J connectivity index is 4.86. The SMILES string of the molecule is CC/C=C(C)/C=C(C)/C=C(C)\C=C(/C)C(=O)OCC. The minimum absolute atomic E-state index is 0.251. The molecule has 0 rings (SSSR count). The van der Waals surface area contributed by atoms with E-state index in [9.17, 15) is 4.79 Å².